The molecule has 7 heavy (non-hydrogen) atoms. The number of nitrogens with one attached hydrogen (secondary N) is 1. The van der Waals surface area contributed by atoms with Gasteiger partial charge in [0.05, 0.1) is 6.42 Å². The molecule has 0 bridgehead atoms. The first-order valence-electron chi connectivity index (χ1n) is 1.87. The Bertz CT molecular complexity index is 81.8. The van der Waals surface area contributed by atoms with E-state index in [1.165, 1.54) is 0 Å². The molecule has 0 aromatic carbocycles. The molecule has 0 saturated carbocycles. The molecule has 0 aromatic heterocycles. The van der Waals surface area contributed by atoms with E-state index in [-0.39, 0.29) is 11.5 Å². The number of carbonyl (C=O) groups is 1. The molecule has 0 atom stereocenters. The summed E-state index contributed by atoms with van der Waals surface area (Å²) in [6.45, 7) is 0. The van der Waals surface area contributed by atoms with Crippen molar-refractivity contribution in [1.29, 1.82) is 5.41 Å². The standard InChI is InChI=1S/C4H7NOS/c1-7-4(6)2-3-5/h3,5H,2H2,1H3. The molecule has 40 valence electrons. The van der Waals surface area contributed by atoms with Gasteiger partial charge in [-0.25, -0.2) is 0 Å². The van der Waals surface area contributed by atoms with Crippen LogP contribution in [0.5, 0.6) is 0 Å². The van der Waals surface area contributed by atoms with E-state index < -0.39 is 0 Å². The summed E-state index contributed by atoms with van der Waals surface area (Å²) in [6, 6.07) is 0. The third kappa shape index (κ3) is 3.52. The van der Waals surface area contributed by atoms with E-state index >= 15 is 0 Å². The molecule has 0 fully saturated rings. The molecular weight excluding hydrogens is 110 g/mol. The van der Waals surface area contributed by atoms with Crippen LogP contribution in [0.15, 0.2) is 0 Å². The van der Waals surface area contributed by atoms with Crippen LogP contribution < -0.4 is 0 Å². The molecule has 0 unspecified atom stereocenters. The summed E-state index contributed by atoms with van der Waals surface area (Å²) in [7, 11) is 0. The lowest BCUT2D eigenvalue weighted by Crippen LogP contribution is -1.87. The number of rotatable bonds is 2. The quantitative estimate of drug-likeness (QED) is 0.546. The fourth-order valence-corrected chi connectivity index (χ4v) is 0.417. The minimum Gasteiger partial charge on any atom is -0.313 e. The summed E-state index contributed by atoms with van der Waals surface area (Å²) in [5.41, 5.74) is 0. The van der Waals surface area contributed by atoms with Crippen molar-refractivity contribution in [2.75, 3.05) is 6.26 Å². The molecule has 0 aliphatic carbocycles. The fourth-order valence-electron chi connectivity index (χ4n) is 0.167. The minimum atomic E-state index is 0.0509. The molecule has 0 aliphatic heterocycles. The molecule has 0 rings (SSSR count). The third-order valence-electron chi connectivity index (χ3n) is 0.496. The Morgan fingerprint density at radius 3 is 2.71 bits per heavy atom. The highest BCUT2D eigenvalue weighted by Gasteiger charge is 1.90. The van der Waals surface area contributed by atoms with E-state index in [2.05, 4.69) is 0 Å². The summed E-state index contributed by atoms with van der Waals surface area (Å²) in [5, 5.41) is 6.53. The molecule has 0 aliphatic rings. The van der Waals surface area contributed by atoms with Crippen LogP contribution in [0.25, 0.3) is 0 Å². The van der Waals surface area contributed by atoms with E-state index in [0.29, 0.717) is 0 Å². The lowest BCUT2D eigenvalue weighted by atomic mass is 10.5. The zero-order chi connectivity index (χ0) is 5.70. The first-order chi connectivity index (χ1) is 3.31. The molecule has 0 heterocycles. The van der Waals surface area contributed by atoms with E-state index in [1.807, 2.05) is 0 Å². The van der Waals surface area contributed by atoms with Gasteiger partial charge in [-0.05, 0) is 6.26 Å². The van der Waals surface area contributed by atoms with Crippen LogP contribution in [0.3, 0.4) is 0 Å². The Kier molecular flexibility index (Phi) is 3.69. The van der Waals surface area contributed by atoms with Crippen LogP contribution in [0, 0.1) is 5.41 Å². The van der Waals surface area contributed by atoms with Crippen LogP contribution in [0.4, 0.5) is 0 Å². The van der Waals surface area contributed by atoms with Crippen molar-refractivity contribution in [2.45, 2.75) is 6.42 Å². The van der Waals surface area contributed by atoms with Gasteiger partial charge in [0, 0.05) is 6.21 Å². The van der Waals surface area contributed by atoms with Gasteiger partial charge in [0.15, 0.2) is 5.12 Å². The highest BCUT2D eigenvalue weighted by atomic mass is 32.2. The molecular formula is C4H7NOS. The zero-order valence-electron chi connectivity index (χ0n) is 4.10. The van der Waals surface area contributed by atoms with Crippen LogP contribution >= 0.6 is 11.8 Å². The van der Waals surface area contributed by atoms with Gasteiger partial charge in [0.25, 0.3) is 0 Å². The molecule has 0 amide bonds. The van der Waals surface area contributed by atoms with Gasteiger partial charge < -0.3 is 5.41 Å². The van der Waals surface area contributed by atoms with Crippen LogP contribution in [0.1, 0.15) is 6.42 Å². The van der Waals surface area contributed by atoms with E-state index in [9.17, 15) is 4.79 Å². The highest BCUT2D eigenvalue weighted by molar-refractivity contribution is 8.13. The smallest absolute Gasteiger partial charge is 0.193 e. The highest BCUT2D eigenvalue weighted by Crippen LogP contribution is 1.95. The molecule has 0 radical (unpaired) electrons. The number of hydrogen-bond acceptors (Lipinski definition) is 3. The van der Waals surface area contributed by atoms with Crippen molar-refractivity contribution in [3.8, 4) is 0 Å². The maximum atomic E-state index is 10.2. The van der Waals surface area contributed by atoms with Crippen LogP contribution in [-0.4, -0.2) is 17.6 Å². The summed E-state index contributed by atoms with van der Waals surface area (Å²) < 4.78 is 0. The minimum absolute atomic E-state index is 0.0509. The van der Waals surface area contributed by atoms with Gasteiger partial charge in [-0.3, -0.25) is 4.79 Å². The Morgan fingerprint density at radius 1 is 2.00 bits per heavy atom. The summed E-state index contributed by atoms with van der Waals surface area (Å²) >= 11 is 1.16. The average Bonchev–Trinajstić information content (AvgIpc) is 1.68. The Hall–Kier alpha value is -0.310. The van der Waals surface area contributed by atoms with Crippen molar-refractivity contribution in [3.05, 3.63) is 0 Å². The first-order valence-corrected chi connectivity index (χ1v) is 3.09. The lowest BCUT2D eigenvalue weighted by molar-refractivity contribution is -0.109. The second kappa shape index (κ2) is 3.87. The van der Waals surface area contributed by atoms with Crippen molar-refractivity contribution < 1.29 is 4.79 Å². The molecule has 0 saturated heterocycles. The van der Waals surface area contributed by atoms with Crippen molar-refractivity contribution >= 4 is 23.1 Å². The van der Waals surface area contributed by atoms with Crippen molar-refractivity contribution in [1.82, 2.24) is 0 Å². The first kappa shape index (κ1) is 6.69. The molecule has 0 spiro atoms. The normalized spacial score (nSPS) is 8.14. The number of thioether (sulfide) groups is 1. The predicted octanol–water partition coefficient (Wildman–Crippen LogP) is 0.916. The largest absolute Gasteiger partial charge is 0.313 e. The summed E-state index contributed by atoms with van der Waals surface area (Å²) in [5.74, 6) is 0. The third-order valence-corrected chi connectivity index (χ3v) is 1.12. The van der Waals surface area contributed by atoms with E-state index in [4.69, 9.17) is 5.41 Å². The Labute approximate surface area is 46.8 Å². The summed E-state index contributed by atoms with van der Waals surface area (Å²) in [4.78, 5) is 10.2. The fraction of sp³-hybridized carbons (Fsp3) is 0.500. The second-order valence-electron chi connectivity index (χ2n) is 0.984. The maximum Gasteiger partial charge on any atom is 0.193 e. The second-order valence-corrected chi connectivity index (χ2v) is 1.85. The Balaban J connectivity index is 3.17. The van der Waals surface area contributed by atoms with Gasteiger partial charge in [-0.2, -0.15) is 0 Å². The number of hydrogen-bond donors (Lipinski definition) is 1. The number of carbonyl (C=O) groups excluding carboxylic acids is 1. The van der Waals surface area contributed by atoms with Gasteiger partial charge in [0.1, 0.15) is 0 Å². The van der Waals surface area contributed by atoms with Gasteiger partial charge in [-0.15, -0.1) is 0 Å². The zero-order valence-corrected chi connectivity index (χ0v) is 4.92. The maximum absolute atomic E-state index is 10.2. The topological polar surface area (TPSA) is 40.9 Å². The van der Waals surface area contributed by atoms with Gasteiger partial charge >= 0.3 is 0 Å². The van der Waals surface area contributed by atoms with Crippen molar-refractivity contribution in [3.63, 3.8) is 0 Å². The summed E-state index contributed by atoms with van der Waals surface area (Å²) in [6.07, 6.45) is 3.09. The average molecular weight is 117 g/mol. The molecule has 3 heteroatoms. The predicted molar refractivity (Wildman–Crippen MR) is 31.9 cm³/mol. The van der Waals surface area contributed by atoms with Gasteiger partial charge in [0.2, 0.25) is 0 Å². The molecule has 0 aromatic rings. The van der Waals surface area contributed by atoms with E-state index in [0.717, 1.165) is 18.0 Å². The van der Waals surface area contributed by atoms with Crippen LogP contribution in [0.2, 0.25) is 0 Å². The monoisotopic (exact) mass is 117 g/mol. The van der Waals surface area contributed by atoms with Crippen molar-refractivity contribution in [2.24, 2.45) is 0 Å². The van der Waals surface area contributed by atoms with E-state index in [1.54, 1.807) is 6.26 Å². The Morgan fingerprint density at radius 2 is 2.57 bits per heavy atom. The molecule has 1 N–H and O–H groups in total. The van der Waals surface area contributed by atoms with Crippen LogP contribution in [-0.2, 0) is 4.79 Å². The lowest BCUT2D eigenvalue weighted by Gasteiger charge is -1.82. The molecule has 2 nitrogen and oxygen atoms in total. The SMILES string of the molecule is CSC(=O)CC=N. The van der Waals surface area contributed by atoms with Gasteiger partial charge in [-0.1, -0.05) is 11.8 Å².